The third-order valence-electron chi connectivity index (χ3n) is 11.5. The van der Waals surface area contributed by atoms with Gasteiger partial charge in [-0.1, -0.05) is 207 Å². The Bertz CT molecular complexity index is 2910. The second-order valence-corrected chi connectivity index (χ2v) is 27.6. The number of fused-ring (bicyclic) bond motifs is 3. The Morgan fingerprint density at radius 3 is 1.30 bits per heavy atom. The van der Waals surface area contributed by atoms with Gasteiger partial charge in [-0.25, -0.2) is 0 Å². The summed E-state index contributed by atoms with van der Waals surface area (Å²) in [5, 5.41) is 10.8. The average Bonchev–Trinajstić information content (AvgIpc) is 3.22. The maximum atomic E-state index is 2.56. The van der Waals surface area contributed by atoms with Crippen molar-refractivity contribution in [2.45, 2.75) is 39.3 Å². The van der Waals surface area contributed by atoms with E-state index in [9.17, 15) is 0 Å². The van der Waals surface area contributed by atoms with Crippen molar-refractivity contribution in [1.82, 2.24) is 0 Å². The van der Waals surface area contributed by atoms with Crippen molar-refractivity contribution < 1.29 is 0 Å². The summed E-state index contributed by atoms with van der Waals surface area (Å²) in [5.41, 5.74) is 12.6. The van der Waals surface area contributed by atoms with Crippen LogP contribution in [0.5, 0.6) is 0 Å². The number of hydrogen-bond acceptors (Lipinski definition) is 0. The summed E-state index contributed by atoms with van der Waals surface area (Å²) in [6.45, 7) is 14.8. The number of hydrogen-bond donors (Lipinski definition) is 0. The topological polar surface area (TPSA) is 0 Å². The Balaban J connectivity index is 1.39. The normalized spacial score (nSPS) is 12.1. The van der Waals surface area contributed by atoms with Crippen LogP contribution in [0.1, 0.15) is 0 Å². The van der Waals surface area contributed by atoms with E-state index >= 15 is 0 Å². The highest BCUT2D eigenvalue weighted by Gasteiger charge is 2.25. The summed E-state index contributed by atoms with van der Waals surface area (Å²) in [4.78, 5) is 0. The molecular weight excluding hydrogens is 705 g/mol. The van der Waals surface area contributed by atoms with Crippen molar-refractivity contribution in [2.75, 3.05) is 0 Å². The van der Waals surface area contributed by atoms with E-state index < -0.39 is 16.1 Å². The lowest BCUT2D eigenvalue weighted by Crippen LogP contribution is -2.37. The molecule has 0 bridgehead atoms. The summed E-state index contributed by atoms with van der Waals surface area (Å²) < 4.78 is 0. The second-order valence-electron chi connectivity index (χ2n) is 17.4. The van der Waals surface area contributed by atoms with Crippen molar-refractivity contribution >= 4 is 58.8 Å². The van der Waals surface area contributed by atoms with Crippen LogP contribution >= 0.6 is 0 Å². The first-order chi connectivity index (χ1) is 27.0. The molecule has 0 aromatic heterocycles. The SMILES string of the molecule is C[Si](C)(C)c1ccc2c(-c3cc(-c4ccccc4)cc4ccccc34)c3cc([Si](C)(C)C)ccc3c(-c3cccc(-c4cccc(-c5ccccc5)c4)c3)c2c1. The summed E-state index contributed by atoms with van der Waals surface area (Å²) in [5.74, 6) is 0. The van der Waals surface area contributed by atoms with Crippen molar-refractivity contribution in [1.29, 1.82) is 0 Å². The Labute approximate surface area is 334 Å². The summed E-state index contributed by atoms with van der Waals surface area (Å²) in [7, 11) is -3.34. The smallest absolute Gasteiger partial charge is 0.0656 e. The fourth-order valence-electron chi connectivity index (χ4n) is 8.44. The first-order valence-corrected chi connectivity index (χ1v) is 26.9. The first kappa shape index (κ1) is 35.9. The molecule has 0 heterocycles. The predicted molar refractivity (Wildman–Crippen MR) is 252 cm³/mol. The molecule has 0 N–H and O–H groups in total. The van der Waals surface area contributed by atoms with Crippen molar-refractivity contribution in [3.63, 3.8) is 0 Å². The minimum absolute atomic E-state index is 1.23. The molecule has 9 rings (SSSR count). The molecule has 0 aliphatic carbocycles. The molecule has 0 aliphatic rings. The van der Waals surface area contributed by atoms with E-state index in [0.717, 1.165) is 0 Å². The van der Waals surface area contributed by atoms with Gasteiger partial charge in [0.05, 0.1) is 16.1 Å². The molecule has 0 saturated carbocycles. The lowest BCUT2D eigenvalue weighted by Gasteiger charge is -2.24. The molecule has 56 heavy (non-hydrogen) atoms. The average molecular weight is 753 g/mol. The van der Waals surface area contributed by atoms with Crippen molar-refractivity contribution in [3.8, 4) is 55.6 Å². The summed E-state index contributed by atoms with van der Waals surface area (Å²) in [6, 6.07) is 68.5. The molecule has 0 aliphatic heterocycles. The molecule has 0 amide bonds. The van der Waals surface area contributed by atoms with Gasteiger partial charge in [-0.05, 0) is 112 Å². The van der Waals surface area contributed by atoms with Crippen LogP contribution in [0.2, 0.25) is 39.3 Å². The van der Waals surface area contributed by atoms with Gasteiger partial charge >= 0.3 is 0 Å². The van der Waals surface area contributed by atoms with Gasteiger partial charge in [0, 0.05) is 0 Å². The Kier molecular flexibility index (Phi) is 9.00. The Morgan fingerprint density at radius 2 is 0.714 bits per heavy atom. The zero-order valence-corrected chi connectivity index (χ0v) is 35.3. The molecule has 9 aromatic rings. The molecule has 0 atom stereocenters. The van der Waals surface area contributed by atoms with Crippen LogP contribution in [0.3, 0.4) is 0 Å². The van der Waals surface area contributed by atoms with Crippen LogP contribution in [-0.4, -0.2) is 16.1 Å². The molecule has 272 valence electrons. The largest absolute Gasteiger partial charge is 0.0776 e. The monoisotopic (exact) mass is 752 g/mol. The van der Waals surface area contributed by atoms with Crippen LogP contribution < -0.4 is 10.4 Å². The van der Waals surface area contributed by atoms with E-state index in [1.165, 1.54) is 98.3 Å². The molecule has 9 aromatic carbocycles. The van der Waals surface area contributed by atoms with Gasteiger partial charge in [-0.3, -0.25) is 0 Å². The van der Waals surface area contributed by atoms with Crippen LogP contribution in [0.25, 0.3) is 88.0 Å². The van der Waals surface area contributed by atoms with Gasteiger partial charge < -0.3 is 0 Å². The molecular formula is C54H48Si2. The second kappa shape index (κ2) is 14.0. The minimum atomic E-state index is -1.67. The van der Waals surface area contributed by atoms with Crippen molar-refractivity contribution in [2.24, 2.45) is 0 Å². The molecule has 0 saturated heterocycles. The van der Waals surface area contributed by atoms with Gasteiger partial charge in [0.1, 0.15) is 0 Å². The molecule has 0 fully saturated rings. The van der Waals surface area contributed by atoms with Crippen LogP contribution in [0, 0.1) is 0 Å². The lowest BCUT2D eigenvalue weighted by atomic mass is 9.83. The maximum absolute atomic E-state index is 2.56. The fraction of sp³-hybridized carbons (Fsp3) is 0.111. The van der Waals surface area contributed by atoms with Gasteiger partial charge in [-0.15, -0.1) is 0 Å². The third kappa shape index (κ3) is 6.63. The van der Waals surface area contributed by atoms with E-state index in [0.29, 0.717) is 0 Å². The van der Waals surface area contributed by atoms with Gasteiger partial charge in [-0.2, -0.15) is 0 Å². The zero-order chi connectivity index (χ0) is 38.6. The van der Waals surface area contributed by atoms with Gasteiger partial charge in [0.25, 0.3) is 0 Å². The molecule has 0 nitrogen and oxygen atoms in total. The predicted octanol–water partition coefficient (Wildman–Crippen LogP) is 14.6. The minimum Gasteiger partial charge on any atom is -0.0656 e. The number of rotatable bonds is 7. The van der Waals surface area contributed by atoms with Crippen molar-refractivity contribution in [3.05, 3.63) is 182 Å². The van der Waals surface area contributed by atoms with E-state index in [2.05, 4.69) is 221 Å². The standard InChI is InChI=1S/C54H48Si2/c1-55(2,3)45-28-30-49-51(35-45)53(43-25-16-24-41(32-43)40-23-15-22-39(31-40)37-17-9-7-10-18-37)48-29-27-46(56(4,5)6)36-52(48)54(49)50-34-44(38-19-11-8-12-20-38)33-42-21-13-14-26-47(42)50/h7-36H,1-6H3. The molecule has 0 radical (unpaired) electrons. The highest BCUT2D eigenvalue weighted by Crippen LogP contribution is 2.47. The molecule has 0 unspecified atom stereocenters. The number of benzene rings is 9. The maximum Gasteiger partial charge on any atom is 0.0776 e. The highest BCUT2D eigenvalue weighted by atomic mass is 28.3. The van der Waals surface area contributed by atoms with Gasteiger partial charge in [0.15, 0.2) is 0 Å². The first-order valence-electron chi connectivity index (χ1n) is 19.9. The molecule has 2 heteroatoms. The highest BCUT2D eigenvalue weighted by molar-refractivity contribution is 6.89. The Hall–Kier alpha value is -5.81. The quantitative estimate of drug-likeness (QED) is 0.112. The van der Waals surface area contributed by atoms with E-state index in [4.69, 9.17) is 0 Å². The summed E-state index contributed by atoms with van der Waals surface area (Å²) >= 11 is 0. The molecule has 0 spiro atoms. The van der Waals surface area contributed by atoms with E-state index in [-0.39, 0.29) is 0 Å². The van der Waals surface area contributed by atoms with Gasteiger partial charge in [0.2, 0.25) is 0 Å². The fourth-order valence-corrected chi connectivity index (χ4v) is 10.8. The third-order valence-corrected chi connectivity index (χ3v) is 15.6. The van der Waals surface area contributed by atoms with Crippen LogP contribution in [-0.2, 0) is 0 Å². The zero-order valence-electron chi connectivity index (χ0n) is 33.3. The summed E-state index contributed by atoms with van der Waals surface area (Å²) in [6.07, 6.45) is 0. The van der Waals surface area contributed by atoms with Crippen LogP contribution in [0.15, 0.2) is 182 Å². The Morgan fingerprint density at radius 1 is 0.268 bits per heavy atom. The lowest BCUT2D eigenvalue weighted by molar-refractivity contribution is 1.58. The van der Waals surface area contributed by atoms with E-state index in [1.807, 2.05) is 0 Å². The van der Waals surface area contributed by atoms with Crippen LogP contribution in [0.4, 0.5) is 0 Å². The van der Waals surface area contributed by atoms with E-state index in [1.54, 1.807) is 0 Å².